The summed E-state index contributed by atoms with van der Waals surface area (Å²) in [5.41, 5.74) is 1.67. The Bertz CT molecular complexity index is 689. The third kappa shape index (κ3) is 1.09. The highest BCUT2D eigenvalue weighted by molar-refractivity contribution is 6.05. The van der Waals surface area contributed by atoms with Crippen LogP contribution in [0.25, 0.3) is 21.7 Å². The summed E-state index contributed by atoms with van der Waals surface area (Å²) in [5, 5.41) is 12.0. The Morgan fingerprint density at radius 1 is 1.20 bits per heavy atom. The van der Waals surface area contributed by atoms with Crippen molar-refractivity contribution in [1.82, 2.24) is 9.97 Å². The highest BCUT2D eigenvalue weighted by Crippen LogP contribution is 2.23. The van der Waals surface area contributed by atoms with Crippen molar-refractivity contribution in [3.05, 3.63) is 42.4 Å². The van der Waals surface area contributed by atoms with E-state index in [1.54, 1.807) is 6.20 Å². The van der Waals surface area contributed by atoms with Crippen molar-refractivity contribution >= 4 is 21.7 Å². The van der Waals surface area contributed by atoms with E-state index >= 15 is 0 Å². The van der Waals surface area contributed by atoms with Crippen LogP contribution >= 0.6 is 0 Å². The fourth-order valence-corrected chi connectivity index (χ4v) is 1.80. The Kier molecular flexibility index (Phi) is 1.51. The molecule has 3 heteroatoms. The minimum atomic E-state index is 0.640. The maximum atomic E-state index is 8.79. The molecule has 2 heterocycles. The molecule has 0 aliphatic carbocycles. The molecule has 0 saturated heterocycles. The monoisotopic (exact) mass is 193 g/mol. The molecule has 0 bridgehead atoms. The van der Waals surface area contributed by atoms with Crippen molar-refractivity contribution in [3.8, 4) is 6.07 Å². The van der Waals surface area contributed by atoms with Crippen LogP contribution < -0.4 is 0 Å². The zero-order valence-corrected chi connectivity index (χ0v) is 7.86. The summed E-state index contributed by atoms with van der Waals surface area (Å²) in [7, 11) is 0. The number of H-pyrrole nitrogens is 1. The number of aromatic amines is 1. The van der Waals surface area contributed by atoms with E-state index in [-0.39, 0.29) is 0 Å². The first kappa shape index (κ1) is 8.01. The molecular formula is C12H7N3. The first-order valence-electron chi connectivity index (χ1n) is 4.63. The van der Waals surface area contributed by atoms with Gasteiger partial charge < -0.3 is 4.98 Å². The average molecular weight is 193 g/mol. The van der Waals surface area contributed by atoms with Gasteiger partial charge in [-0.2, -0.15) is 5.26 Å². The van der Waals surface area contributed by atoms with Crippen LogP contribution in [0, 0.1) is 11.3 Å². The normalized spacial score (nSPS) is 10.6. The zero-order valence-electron chi connectivity index (χ0n) is 7.86. The quantitative estimate of drug-likeness (QED) is 0.596. The van der Waals surface area contributed by atoms with E-state index in [9.17, 15) is 0 Å². The number of aromatic nitrogens is 2. The summed E-state index contributed by atoms with van der Waals surface area (Å²) in [5.74, 6) is 0. The van der Waals surface area contributed by atoms with Gasteiger partial charge in [-0.15, -0.1) is 0 Å². The Hall–Kier alpha value is -2.34. The molecule has 15 heavy (non-hydrogen) atoms. The Morgan fingerprint density at radius 2 is 2.07 bits per heavy atom. The van der Waals surface area contributed by atoms with Crippen LogP contribution in [0.1, 0.15) is 5.56 Å². The molecule has 3 nitrogen and oxygen atoms in total. The standard InChI is InChI=1S/C12H7N3/c13-4-8-3-9-1-2-10-6-14-7-11(10)12(9)15-5-8/h1-3,5-7,15H. The Balaban J connectivity index is 2.50. The van der Waals surface area contributed by atoms with Gasteiger partial charge in [0.15, 0.2) is 0 Å². The first-order valence-corrected chi connectivity index (χ1v) is 4.63. The van der Waals surface area contributed by atoms with E-state index in [2.05, 4.69) is 16.0 Å². The predicted octanol–water partition coefficient (Wildman–Crippen LogP) is 2.59. The molecule has 0 radical (unpaired) electrons. The van der Waals surface area contributed by atoms with Crippen molar-refractivity contribution < 1.29 is 0 Å². The zero-order chi connectivity index (χ0) is 10.3. The third-order valence-electron chi connectivity index (χ3n) is 2.54. The molecule has 70 valence electrons. The lowest BCUT2D eigenvalue weighted by Crippen LogP contribution is -1.82. The van der Waals surface area contributed by atoms with Gasteiger partial charge in [-0.05, 0) is 11.5 Å². The van der Waals surface area contributed by atoms with Gasteiger partial charge >= 0.3 is 0 Å². The number of pyridine rings is 1. The summed E-state index contributed by atoms with van der Waals surface area (Å²) < 4.78 is 0. The van der Waals surface area contributed by atoms with E-state index in [1.807, 2.05) is 30.6 Å². The fraction of sp³-hybridized carbons (Fsp3) is 0. The van der Waals surface area contributed by atoms with Gasteiger partial charge in [0, 0.05) is 29.4 Å². The number of fused-ring (bicyclic) bond motifs is 3. The molecule has 0 aliphatic heterocycles. The molecule has 1 aromatic carbocycles. The predicted molar refractivity (Wildman–Crippen MR) is 58.3 cm³/mol. The van der Waals surface area contributed by atoms with E-state index < -0.39 is 0 Å². The van der Waals surface area contributed by atoms with Crippen molar-refractivity contribution in [2.24, 2.45) is 0 Å². The molecule has 0 fully saturated rings. The SMILES string of the molecule is N#Cc1c[nH]c2c(ccc3cncc32)c1. The summed E-state index contributed by atoms with van der Waals surface area (Å²) >= 11 is 0. The van der Waals surface area contributed by atoms with Crippen molar-refractivity contribution in [2.75, 3.05) is 0 Å². The second-order valence-corrected chi connectivity index (χ2v) is 3.44. The van der Waals surface area contributed by atoms with Crippen LogP contribution in [0.2, 0.25) is 0 Å². The lowest BCUT2D eigenvalue weighted by molar-refractivity contribution is 1.38. The highest BCUT2D eigenvalue weighted by Gasteiger charge is 2.02. The second-order valence-electron chi connectivity index (χ2n) is 3.44. The molecule has 0 amide bonds. The second kappa shape index (κ2) is 2.82. The van der Waals surface area contributed by atoms with Crippen molar-refractivity contribution in [3.63, 3.8) is 0 Å². The number of rotatable bonds is 0. The molecule has 3 aromatic rings. The van der Waals surface area contributed by atoms with E-state index in [0.717, 1.165) is 21.7 Å². The van der Waals surface area contributed by atoms with Gasteiger partial charge in [-0.3, -0.25) is 4.98 Å². The topological polar surface area (TPSA) is 52.5 Å². The fourth-order valence-electron chi connectivity index (χ4n) is 1.80. The van der Waals surface area contributed by atoms with Crippen LogP contribution in [-0.2, 0) is 0 Å². The highest BCUT2D eigenvalue weighted by atomic mass is 14.7. The number of nitriles is 1. The molecule has 1 N–H and O–H groups in total. The largest absolute Gasteiger partial charge is 0.359 e. The maximum Gasteiger partial charge on any atom is 0.101 e. The third-order valence-corrected chi connectivity index (χ3v) is 2.54. The number of hydrogen-bond donors (Lipinski definition) is 1. The van der Waals surface area contributed by atoms with Gasteiger partial charge in [0.05, 0.1) is 11.1 Å². The average Bonchev–Trinajstić information content (AvgIpc) is 2.76. The Labute approximate surface area is 86.0 Å². The molecule has 0 unspecified atom stereocenters. The van der Waals surface area contributed by atoms with Crippen LogP contribution in [-0.4, -0.2) is 9.97 Å². The smallest absolute Gasteiger partial charge is 0.101 e. The molecule has 0 aliphatic rings. The number of nitrogens with one attached hydrogen (secondary N) is 1. The first-order chi connectivity index (χ1) is 7.38. The summed E-state index contributed by atoms with van der Waals surface area (Å²) in [6, 6.07) is 8.00. The van der Waals surface area contributed by atoms with Crippen molar-refractivity contribution in [2.45, 2.75) is 0 Å². The summed E-state index contributed by atoms with van der Waals surface area (Å²) in [4.78, 5) is 7.25. The van der Waals surface area contributed by atoms with Crippen LogP contribution in [0.15, 0.2) is 36.8 Å². The van der Waals surface area contributed by atoms with Crippen LogP contribution in [0.3, 0.4) is 0 Å². The van der Waals surface area contributed by atoms with Crippen LogP contribution in [0.4, 0.5) is 0 Å². The molecule has 3 rings (SSSR count). The lowest BCUT2D eigenvalue weighted by Gasteiger charge is -2.00. The minimum Gasteiger partial charge on any atom is -0.359 e. The molecule has 2 aromatic heterocycles. The number of benzene rings is 1. The minimum absolute atomic E-state index is 0.640. The Morgan fingerprint density at radius 3 is 2.93 bits per heavy atom. The van der Waals surface area contributed by atoms with Gasteiger partial charge in [-0.1, -0.05) is 12.1 Å². The number of hydrogen-bond acceptors (Lipinski definition) is 2. The van der Waals surface area contributed by atoms with Gasteiger partial charge in [0.25, 0.3) is 0 Å². The van der Waals surface area contributed by atoms with Crippen LogP contribution in [0.5, 0.6) is 0 Å². The van der Waals surface area contributed by atoms with Gasteiger partial charge in [0.1, 0.15) is 6.07 Å². The molecule has 0 saturated carbocycles. The van der Waals surface area contributed by atoms with E-state index in [0.29, 0.717) is 5.56 Å². The molecule has 0 spiro atoms. The van der Waals surface area contributed by atoms with E-state index in [4.69, 9.17) is 5.26 Å². The van der Waals surface area contributed by atoms with E-state index in [1.165, 1.54) is 0 Å². The molecular weight excluding hydrogens is 186 g/mol. The number of nitrogens with zero attached hydrogens (tertiary/aromatic N) is 2. The van der Waals surface area contributed by atoms with Gasteiger partial charge in [-0.25, -0.2) is 0 Å². The maximum absolute atomic E-state index is 8.79. The molecule has 0 atom stereocenters. The van der Waals surface area contributed by atoms with Gasteiger partial charge in [0.2, 0.25) is 0 Å². The lowest BCUT2D eigenvalue weighted by atomic mass is 10.1. The summed E-state index contributed by atoms with van der Waals surface area (Å²) in [6.45, 7) is 0. The summed E-state index contributed by atoms with van der Waals surface area (Å²) in [6.07, 6.45) is 5.38. The van der Waals surface area contributed by atoms with Crippen molar-refractivity contribution in [1.29, 1.82) is 5.26 Å².